The minimum atomic E-state index is -0.388. The van der Waals surface area contributed by atoms with Crippen LogP contribution in [0.15, 0.2) is 11.6 Å². The second-order valence-corrected chi connectivity index (χ2v) is 10.0. The molecule has 4 aliphatic carbocycles. The van der Waals surface area contributed by atoms with Crippen LogP contribution in [0.2, 0.25) is 0 Å². The van der Waals surface area contributed by atoms with Gasteiger partial charge in [-0.1, -0.05) is 25.5 Å². The van der Waals surface area contributed by atoms with Crippen molar-refractivity contribution in [3.63, 3.8) is 0 Å². The predicted octanol–water partition coefficient (Wildman–Crippen LogP) is 4.71. The van der Waals surface area contributed by atoms with E-state index in [1.54, 1.807) is 19.8 Å². The third-order valence-corrected chi connectivity index (χ3v) is 9.64. The normalized spacial score (nSPS) is 53.0. The topological polar surface area (TPSA) is 31.0 Å². The van der Waals surface area contributed by atoms with Gasteiger partial charge in [0.1, 0.15) is 0 Å². The number of hydrogen-bond donors (Lipinski definition) is 0. The maximum Gasteiger partial charge on any atom is 0.171 e. The molecule has 3 nitrogen and oxygen atoms in total. The molecule has 0 amide bonds. The fraction of sp³-hybridized carbons (Fsp3) is 0.909. The van der Waals surface area contributed by atoms with E-state index in [2.05, 4.69) is 19.9 Å². The molecule has 1 heterocycles. The van der Waals surface area contributed by atoms with Crippen molar-refractivity contribution in [2.75, 3.05) is 20.8 Å². The van der Waals surface area contributed by atoms with Gasteiger partial charge in [0.15, 0.2) is 5.79 Å². The van der Waals surface area contributed by atoms with Crippen LogP contribution in [-0.4, -0.2) is 32.2 Å². The van der Waals surface area contributed by atoms with Crippen LogP contribution in [0, 0.1) is 28.6 Å². The summed E-state index contributed by atoms with van der Waals surface area (Å²) in [6.07, 6.45) is 12.4. The Bertz CT molecular complexity index is 602. The first-order valence-corrected chi connectivity index (χ1v) is 10.4. The van der Waals surface area contributed by atoms with E-state index in [1.807, 2.05) is 0 Å². The van der Waals surface area contributed by atoms with Crippen molar-refractivity contribution >= 4 is 0 Å². The molecule has 3 saturated carbocycles. The van der Waals surface area contributed by atoms with Gasteiger partial charge in [-0.05, 0) is 61.7 Å². The van der Waals surface area contributed by atoms with Crippen molar-refractivity contribution in [1.82, 2.24) is 0 Å². The number of allylic oxidation sites excluding steroid dienone is 1. The molecule has 4 fully saturated rings. The van der Waals surface area contributed by atoms with E-state index in [-0.39, 0.29) is 11.4 Å². The van der Waals surface area contributed by atoms with Crippen molar-refractivity contribution in [2.45, 2.75) is 76.6 Å². The predicted molar refractivity (Wildman–Crippen MR) is 97.1 cm³/mol. The van der Waals surface area contributed by atoms with Crippen LogP contribution >= 0.6 is 0 Å². The molecule has 0 bridgehead atoms. The molecular weight excluding hydrogens is 312 g/mol. The van der Waals surface area contributed by atoms with Gasteiger partial charge >= 0.3 is 0 Å². The third-order valence-electron chi connectivity index (χ3n) is 9.64. The second kappa shape index (κ2) is 5.11. The maximum absolute atomic E-state index is 6.05. The van der Waals surface area contributed by atoms with Gasteiger partial charge in [0.25, 0.3) is 0 Å². The quantitative estimate of drug-likeness (QED) is 0.412. The zero-order chi connectivity index (χ0) is 17.5. The number of methoxy groups -OCH3 is 2. The Morgan fingerprint density at radius 2 is 1.72 bits per heavy atom. The largest absolute Gasteiger partial charge is 0.369 e. The van der Waals surface area contributed by atoms with Gasteiger partial charge in [0, 0.05) is 32.5 Å². The first-order chi connectivity index (χ1) is 11.9. The SMILES string of the molecule is COC1(OC)CC[C@]2(C)C(=CC[C@@H]3[C@H]4CC[C@@]5(CO5)[C@@]4(C)CC[C@H]32)C1. The molecule has 5 rings (SSSR count). The van der Waals surface area contributed by atoms with E-state index in [1.165, 1.54) is 38.5 Å². The van der Waals surface area contributed by atoms with Crippen LogP contribution in [-0.2, 0) is 14.2 Å². The molecule has 1 saturated heterocycles. The van der Waals surface area contributed by atoms with E-state index in [4.69, 9.17) is 14.2 Å². The summed E-state index contributed by atoms with van der Waals surface area (Å²) in [5.74, 6) is 2.17. The highest BCUT2D eigenvalue weighted by Crippen LogP contribution is 2.70. The Labute approximate surface area is 152 Å². The molecule has 0 N–H and O–H groups in total. The molecule has 3 heteroatoms. The summed E-state index contributed by atoms with van der Waals surface area (Å²) >= 11 is 0. The first kappa shape index (κ1) is 16.8. The summed E-state index contributed by atoms with van der Waals surface area (Å²) in [7, 11) is 3.61. The molecule has 0 aromatic carbocycles. The molecule has 6 atom stereocenters. The fourth-order valence-electron chi connectivity index (χ4n) is 7.69. The Hall–Kier alpha value is -0.380. The van der Waals surface area contributed by atoms with Gasteiger partial charge in [-0.2, -0.15) is 0 Å². The van der Waals surface area contributed by atoms with Crippen LogP contribution in [0.1, 0.15) is 65.2 Å². The lowest BCUT2D eigenvalue weighted by molar-refractivity contribution is -0.227. The van der Waals surface area contributed by atoms with Gasteiger partial charge in [-0.3, -0.25) is 0 Å². The second-order valence-electron chi connectivity index (χ2n) is 10.0. The molecular formula is C22H34O3. The lowest BCUT2D eigenvalue weighted by Gasteiger charge is -2.59. The standard InChI is InChI=1S/C22H34O3/c1-19-11-12-22(23-3,24-4)13-15(19)5-6-16-17(19)7-9-20(2)18(16)8-10-21(20)14-25-21/h5,16-18H,6-14H2,1-4H3/t16-,17+,18+,19+,20-,21+/m0/s1. The third kappa shape index (κ3) is 1.98. The van der Waals surface area contributed by atoms with E-state index in [9.17, 15) is 0 Å². The number of hydrogen-bond acceptors (Lipinski definition) is 3. The smallest absolute Gasteiger partial charge is 0.171 e. The Balaban J connectivity index is 1.47. The van der Waals surface area contributed by atoms with E-state index >= 15 is 0 Å². The molecule has 1 spiro atoms. The van der Waals surface area contributed by atoms with Crippen LogP contribution in [0.3, 0.4) is 0 Å². The van der Waals surface area contributed by atoms with Crippen molar-refractivity contribution in [3.8, 4) is 0 Å². The average molecular weight is 347 g/mol. The maximum atomic E-state index is 6.05. The molecule has 0 aromatic rings. The first-order valence-electron chi connectivity index (χ1n) is 10.4. The molecule has 5 aliphatic rings. The van der Waals surface area contributed by atoms with Gasteiger partial charge < -0.3 is 14.2 Å². The van der Waals surface area contributed by atoms with Gasteiger partial charge in [0.05, 0.1) is 12.2 Å². The summed E-state index contributed by atoms with van der Waals surface area (Å²) < 4.78 is 17.6. The molecule has 1 aliphatic heterocycles. The Morgan fingerprint density at radius 1 is 1.00 bits per heavy atom. The molecule has 0 unspecified atom stereocenters. The number of ether oxygens (including phenoxy) is 3. The van der Waals surface area contributed by atoms with E-state index in [0.717, 1.165) is 37.2 Å². The van der Waals surface area contributed by atoms with Crippen LogP contribution < -0.4 is 0 Å². The highest BCUT2D eigenvalue weighted by Gasteiger charge is 2.69. The minimum Gasteiger partial charge on any atom is -0.369 e. The molecule has 0 radical (unpaired) electrons. The van der Waals surface area contributed by atoms with Crippen molar-refractivity contribution in [1.29, 1.82) is 0 Å². The van der Waals surface area contributed by atoms with Crippen molar-refractivity contribution in [2.24, 2.45) is 28.6 Å². The highest BCUT2D eigenvalue weighted by molar-refractivity contribution is 5.28. The van der Waals surface area contributed by atoms with Crippen LogP contribution in [0.4, 0.5) is 0 Å². The number of fused-ring (bicyclic) bond motifs is 6. The Morgan fingerprint density at radius 3 is 2.40 bits per heavy atom. The van der Waals surface area contributed by atoms with Gasteiger partial charge in [-0.25, -0.2) is 0 Å². The molecule has 140 valence electrons. The summed E-state index contributed by atoms with van der Waals surface area (Å²) in [6.45, 7) is 6.13. The fourth-order valence-corrected chi connectivity index (χ4v) is 7.69. The van der Waals surface area contributed by atoms with Crippen LogP contribution in [0.5, 0.6) is 0 Å². The summed E-state index contributed by atoms with van der Waals surface area (Å²) in [5, 5.41) is 0. The van der Waals surface area contributed by atoms with Gasteiger partial charge in [0.2, 0.25) is 0 Å². The minimum absolute atomic E-state index is 0.265. The van der Waals surface area contributed by atoms with Crippen LogP contribution in [0.25, 0.3) is 0 Å². The Kier molecular flexibility index (Phi) is 3.43. The van der Waals surface area contributed by atoms with E-state index in [0.29, 0.717) is 10.8 Å². The zero-order valence-corrected chi connectivity index (χ0v) is 16.4. The van der Waals surface area contributed by atoms with E-state index < -0.39 is 0 Å². The summed E-state index contributed by atoms with van der Waals surface area (Å²) in [6, 6.07) is 0. The summed E-state index contributed by atoms with van der Waals surface area (Å²) in [4.78, 5) is 0. The monoisotopic (exact) mass is 346 g/mol. The average Bonchev–Trinajstić information content (AvgIpc) is 3.35. The van der Waals surface area contributed by atoms with Gasteiger partial charge in [-0.15, -0.1) is 0 Å². The molecule has 0 aromatic heterocycles. The van der Waals surface area contributed by atoms with Crippen molar-refractivity contribution < 1.29 is 14.2 Å². The van der Waals surface area contributed by atoms with Crippen molar-refractivity contribution in [3.05, 3.63) is 11.6 Å². The number of rotatable bonds is 2. The lowest BCUT2D eigenvalue weighted by atomic mass is 9.47. The zero-order valence-electron chi connectivity index (χ0n) is 16.4. The molecule has 25 heavy (non-hydrogen) atoms. The lowest BCUT2D eigenvalue weighted by Crippen LogP contribution is -2.53. The number of epoxide rings is 1. The highest BCUT2D eigenvalue weighted by atomic mass is 16.7. The summed E-state index contributed by atoms with van der Waals surface area (Å²) in [5.41, 5.74) is 2.67.